The molecule has 3 N–H and O–H groups in total. The van der Waals surface area contributed by atoms with Gasteiger partial charge in [0.05, 0.1) is 18.5 Å². The van der Waals surface area contributed by atoms with Crippen LogP contribution in [0.2, 0.25) is 0 Å². The van der Waals surface area contributed by atoms with E-state index >= 15 is 0 Å². The van der Waals surface area contributed by atoms with Gasteiger partial charge >= 0.3 is 0 Å². The monoisotopic (exact) mass is 447 g/mol. The van der Waals surface area contributed by atoms with Crippen molar-refractivity contribution in [2.24, 2.45) is 0 Å². The van der Waals surface area contributed by atoms with Crippen molar-refractivity contribution in [3.05, 3.63) is 87.9 Å². The van der Waals surface area contributed by atoms with Gasteiger partial charge < -0.3 is 15.4 Å². The summed E-state index contributed by atoms with van der Waals surface area (Å²) in [6.07, 6.45) is 0. The molecule has 0 aliphatic rings. The molecule has 2 amide bonds. The number of hydrogen-bond donors (Lipinski definition) is 3. The third-order valence-electron chi connectivity index (χ3n) is 4.71. The van der Waals surface area contributed by atoms with Gasteiger partial charge in [-0.25, -0.2) is 4.98 Å². The molecule has 0 fully saturated rings. The molecule has 0 aliphatic heterocycles. The third kappa shape index (κ3) is 5.19. The van der Waals surface area contributed by atoms with E-state index in [0.717, 1.165) is 16.9 Å². The van der Waals surface area contributed by atoms with Gasteiger partial charge in [0.15, 0.2) is 5.82 Å². The molecule has 4 rings (SSSR count). The Kier molecular flexibility index (Phi) is 6.57. The lowest BCUT2D eigenvalue weighted by atomic mass is 10.1. The zero-order valence-electron chi connectivity index (χ0n) is 17.3. The van der Waals surface area contributed by atoms with Crippen molar-refractivity contribution in [3.8, 4) is 17.1 Å². The number of aromatic amines is 1. The molecular weight excluding hydrogens is 426 g/mol. The minimum absolute atomic E-state index is 0.108. The molecule has 162 valence electrons. The summed E-state index contributed by atoms with van der Waals surface area (Å²) >= 11 is 1.40. The van der Waals surface area contributed by atoms with Crippen molar-refractivity contribution in [2.75, 3.05) is 7.11 Å². The highest BCUT2D eigenvalue weighted by atomic mass is 32.1. The van der Waals surface area contributed by atoms with Crippen molar-refractivity contribution in [1.82, 2.24) is 25.8 Å². The summed E-state index contributed by atoms with van der Waals surface area (Å²) in [7, 11) is 1.61. The Morgan fingerprint density at radius 1 is 0.969 bits per heavy atom. The van der Waals surface area contributed by atoms with Crippen LogP contribution in [0.5, 0.6) is 5.75 Å². The highest BCUT2D eigenvalue weighted by molar-refractivity contribution is 7.12. The average molecular weight is 448 g/mol. The van der Waals surface area contributed by atoms with Crippen LogP contribution in [-0.2, 0) is 13.1 Å². The van der Waals surface area contributed by atoms with Gasteiger partial charge in [0.1, 0.15) is 11.6 Å². The lowest BCUT2D eigenvalue weighted by Crippen LogP contribution is -2.24. The number of carbonyl (C=O) groups excluding carboxylic acids is 2. The molecule has 9 heteroatoms. The quantitative estimate of drug-likeness (QED) is 0.384. The minimum atomic E-state index is -0.221. The fourth-order valence-corrected chi connectivity index (χ4v) is 3.60. The van der Waals surface area contributed by atoms with Gasteiger partial charge in [0.2, 0.25) is 0 Å². The van der Waals surface area contributed by atoms with Crippen LogP contribution < -0.4 is 15.4 Å². The predicted octanol–water partition coefficient (Wildman–Crippen LogP) is 3.40. The maximum Gasteiger partial charge on any atom is 0.261 e. The van der Waals surface area contributed by atoms with Crippen LogP contribution in [0.3, 0.4) is 0 Å². The van der Waals surface area contributed by atoms with Crippen LogP contribution >= 0.6 is 11.3 Å². The van der Waals surface area contributed by atoms with E-state index in [-0.39, 0.29) is 18.4 Å². The Bertz CT molecular complexity index is 1190. The van der Waals surface area contributed by atoms with Gasteiger partial charge in [0.25, 0.3) is 11.8 Å². The highest BCUT2D eigenvalue weighted by Gasteiger charge is 2.10. The Labute approximate surface area is 188 Å². The first-order valence-electron chi connectivity index (χ1n) is 9.87. The smallest absolute Gasteiger partial charge is 0.261 e. The molecule has 0 saturated heterocycles. The van der Waals surface area contributed by atoms with Gasteiger partial charge in [0, 0.05) is 17.7 Å². The SMILES string of the molecule is COc1ccc(-c2n[nH]c(CNC(=O)c3ccc(CNC(=O)c4cccs4)cc3)n2)cc1. The van der Waals surface area contributed by atoms with Crippen molar-refractivity contribution in [1.29, 1.82) is 0 Å². The largest absolute Gasteiger partial charge is 0.497 e. The molecule has 0 saturated carbocycles. The lowest BCUT2D eigenvalue weighted by Gasteiger charge is -2.06. The van der Waals surface area contributed by atoms with Crippen molar-refractivity contribution >= 4 is 23.2 Å². The first-order chi connectivity index (χ1) is 15.6. The predicted molar refractivity (Wildman–Crippen MR) is 121 cm³/mol. The number of hydrogen-bond acceptors (Lipinski definition) is 6. The van der Waals surface area contributed by atoms with E-state index in [1.807, 2.05) is 47.8 Å². The summed E-state index contributed by atoms with van der Waals surface area (Å²) in [5.41, 5.74) is 2.28. The van der Waals surface area contributed by atoms with Crippen LogP contribution in [0.4, 0.5) is 0 Å². The van der Waals surface area contributed by atoms with Gasteiger partial charge in [-0.05, 0) is 53.4 Å². The maximum absolute atomic E-state index is 12.4. The number of amides is 2. The fraction of sp³-hybridized carbons (Fsp3) is 0.130. The summed E-state index contributed by atoms with van der Waals surface area (Å²) < 4.78 is 5.15. The Hall–Kier alpha value is -3.98. The Balaban J connectivity index is 1.28. The van der Waals surface area contributed by atoms with Crippen LogP contribution in [0.25, 0.3) is 11.4 Å². The number of aromatic nitrogens is 3. The number of nitrogens with zero attached hydrogens (tertiary/aromatic N) is 2. The van der Waals surface area contributed by atoms with Gasteiger partial charge in [-0.15, -0.1) is 11.3 Å². The van der Waals surface area contributed by atoms with Crippen LogP contribution in [0.1, 0.15) is 31.4 Å². The van der Waals surface area contributed by atoms with Gasteiger partial charge in [-0.3, -0.25) is 14.7 Å². The first kappa shape index (κ1) is 21.3. The highest BCUT2D eigenvalue weighted by Crippen LogP contribution is 2.19. The number of ether oxygens (including phenoxy) is 1. The topological polar surface area (TPSA) is 109 Å². The maximum atomic E-state index is 12.4. The Morgan fingerprint density at radius 3 is 2.41 bits per heavy atom. The molecule has 32 heavy (non-hydrogen) atoms. The normalized spacial score (nSPS) is 10.5. The molecule has 2 heterocycles. The molecule has 0 spiro atoms. The number of thiophene rings is 1. The van der Waals surface area contributed by atoms with E-state index in [4.69, 9.17) is 4.74 Å². The van der Waals surface area contributed by atoms with Crippen LogP contribution in [-0.4, -0.2) is 34.1 Å². The second-order valence-electron chi connectivity index (χ2n) is 6.87. The molecule has 8 nitrogen and oxygen atoms in total. The Morgan fingerprint density at radius 2 is 1.72 bits per heavy atom. The van der Waals surface area contributed by atoms with E-state index in [2.05, 4.69) is 25.8 Å². The van der Waals surface area contributed by atoms with E-state index in [9.17, 15) is 9.59 Å². The summed E-state index contributed by atoms with van der Waals surface area (Å²) in [6.45, 7) is 0.617. The summed E-state index contributed by atoms with van der Waals surface area (Å²) in [5.74, 6) is 1.53. The second-order valence-corrected chi connectivity index (χ2v) is 7.82. The number of rotatable bonds is 8. The number of nitrogens with one attached hydrogen (secondary N) is 3. The van der Waals surface area contributed by atoms with Crippen molar-refractivity contribution < 1.29 is 14.3 Å². The van der Waals surface area contributed by atoms with Crippen molar-refractivity contribution in [3.63, 3.8) is 0 Å². The van der Waals surface area contributed by atoms with E-state index in [0.29, 0.717) is 28.6 Å². The zero-order chi connectivity index (χ0) is 22.3. The summed E-state index contributed by atoms with van der Waals surface area (Å²) in [4.78, 5) is 29.5. The second kappa shape index (κ2) is 9.88. The molecule has 0 atom stereocenters. The molecule has 0 radical (unpaired) electrons. The average Bonchev–Trinajstić information content (AvgIpc) is 3.54. The fourth-order valence-electron chi connectivity index (χ4n) is 2.96. The molecule has 0 unspecified atom stereocenters. The molecular formula is C23H21N5O3S. The molecule has 2 aromatic carbocycles. The van der Waals surface area contributed by atoms with Gasteiger partial charge in [-0.2, -0.15) is 5.10 Å². The lowest BCUT2D eigenvalue weighted by molar-refractivity contribution is 0.0943. The standard InChI is InChI=1S/C23H21N5O3S/c1-31-18-10-8-16(9-11-18)21-26-20(27-28-21)14-25-22(29)17-6-4-15(5-7-17)13-24-23(30)19-3-2-12-32-19/h2-12H,13-14H2,1H3,(H,24,30)(H,25,29)(H,26,27,28). The zero-order valence-corrected chi connectivity index (χ0v) is 18.1. The van der Waals surface area contributed by atoms with Crippen molar-refractivity contribution in [2.45, 2.75) is 13.1 Å². The third-order valence-corrected chi connectivity index (χ3v) is 5.58. The molecule has 2 aromatic heterocycles. The number of methoxy groups -OCH3 is 1. The van der Waals surface area contributed by atoms with Gasteiger partial charge in [-0.1, -0.05) is 18.2 Å². The first-order valence-corrected chi connectivity index (χ1v) is 10.7. The molecule has 0 bridgehead atoms. The summed E-state index contributed by atoms with van der Waals surface area (Å²) in [5, 5.41) is 14.6. The van der Waals surface area contributed by atoms with E-state index < -0.39 is 0 Å². The molecule has 4 aromatic rings. The number of carbonyl (C=O) groups is 2. The number of benzene rings is 2. The van der Waals surface area contributed by atoms with Crippen LogP contribution in [0.15, 0.2) is 66.0 Å². The minimum Gasteiger partial charge on any atom is -0.497 e. The molecule has 0 aliphatic carbocycles. The van der Waals surface area contributed by atoms with E-state index in [1.165, 1.54) is 11.3 Å². The summed E-state index contributed by atoms with van der Waals surface area (Å²) in [6, 6.07) is 18.1. The number of H-pyrrole nitrogens is 1. The van der Waals surface area contributed by atoms with E-state index in [1.54, 1.807) is 25.3 Å². The van der Waals surface area contributed by atoms with Crippen LogP contribution in [0, 0.1) is 0 Å².